The molecule has 1 aliphatic heterocycles. The van der Waals surface area contributed by atoms with Gasteiger partial charge in [0.25, 0.3) is 5.91 Å². The normalized spacial score (nSPS) is 16.2. The Bertz CT molecular complexity index is 647. The van der Waals surface area contributed by atoms with Crippen molar-refractivity contribution < 1.29 is 9.18 Å². The summed E-state index contributed by atoms with van der Waals surface area (Å²) in [5.74, 6) is -0.226. The molecule has 0 spiro atoms. The van der Waals surface area contributed by atoms with Crippen molar-refractivity contribution in [3.05, 3.63) is 51.7 Å². The molecular formula is C16H17FN2OS. The number of likely N-dealkylation sites (tertiary alicyclic amines) is 1. The number of hydrogen-bond acceptors (Lipinski definition) is 3. The van der Waals surface area contributed by atoms with Gasteiger partial charge in [0.15, 0.2) is 0 Å². The lowest BCUT2D eigenvalue weighted by Crippen LogP contribution is -2.38. The topological polar surface area (TPSA) is 33.2 Å². The summed E-state index contributed by atoms with van der Waals surface area (Å²) in [6, 6.07) is 6.18. The second-order valence-electron chi connectivity index (χ2n) is 5.37. The molecule has 0 N–H and O–H groups in total. The number of nitrogens with zero attached hydrogens (tertiary/aromatic N) is 2. The Balaban J connectivity index is 1.66. The van der Waals surface area contributed by atoms with Gasteiger partial charge < -0.3 is 4.90 Å². The SMILES string of the molecule is Cc1csc(C2CCN(C(=O)c3ccccc3F)CC2)n1. The Morgan fingerprint density at radius 3 is 2.67 bits per heavy atom. The van der Waals surface area contributed by atoms with E-state index in [1.54, 1.807) is 34.4 Å². The first-order valence-corrected chi connectivity index (χ1v) is 7.99. The van der Waals surface area contributed by atoms with E-state index in [4.69, 9.17) is 0 Å². The molecule has 0 unspecified atom stereocenters. The fourth-order valence-corrected chi connectivity index (χ4v) is 3.66. The summed E-state index contributed by atoms with van der Waals surface area (Å²) in [7, 11) is 0. The molecule has 0 aliphatic carbocycles. The van der Waals surface area contributed by atoms with E-state index in [1.165, 1.54) is 6.07 Å². The lowest BCUT2D eigenvalue weighted by atomic mass is 9.97. The lowest BCUT2D eigenvalue weighted by Gasteiger charge is -2.31. The van der Waals surface area contributed by atoms with Crippen molar-refractivity contribution >= 4 is 17.2 Å². The van der Waals surface area contributed by atoms with E-state index >= 15 is 0 Å². The van der Waals surface area contributed by atoms with Crippen molar-refractivity contribution in [3.63, 3.8) is 0 Å². The number of halogens is 1. The monoisotopic (exact) mass is 304 g/mol. The highest BCUT2D eigenvalue weighted by Gasteiger charge is 2.27. The number of thiazole rings is 1. The first-order chi connectivity index (χ1) is 10.1. The van der Waals surface area contributed by atoms with Gasteiger partial charge in [0.1, 0.15) is 5.82 Å². The molecule has 2 heterocycles. The minimum atomic E-state index is -0.444. The first-order valence-electron chi connectivity index (χ1n) is 7.11. The molecule has 5 heteroatoms. The van der Waals surface area contributed by atoms with E-state index < -0.39 is 5.82 Å². The van der Waals surface area contributed by atoms with Gasteiger partial charge in [0.05, 0.1) is 10.6 Å². The van der Waals surface area contributed by atoms with Crippen molar-refractivity contribution in [2.24, 2.45) is 0 Å². The molecule has 1 saturated heterocycles. The highest BCUT2D eigenvalue weighted by atomic mass is 32.1. The Hall–Kier alpha value is -1.75. The maximum atomic E-state index is 13.7. The van der Waals surface area contributed by atoms with Gasteiger partial charge in [-0.1, -0.05) is 12.1 Å². The van der Waals surface area contributed by atoms with Gasteiger partial charge in [-0.05, 0) is 31.9 Å². The van der Waals surface area contributed by atoms with E-state index in [0.717, 1.165) is 23.5 Å². The third kappa shape index (κ3) is 2.97. The molecule has 2 aromatic rings. The van der Waals surface area contributed by atoms with Crippen LogP contribution in [0.3, 0.4) is 0 Å². The smallest absolute Gasteiger partial charge is 0.256 e. The van der Waals surface area contributed by atoms with Crippen LogP contribution in [0.15, 0.2) is 29.6 Å². The van der Waals surface area contributed by atoms with E-state index in [9.17, 15) is 9.18 Å². The molecule has 3 rings (SSSR count). The third-order valence-electron chi connectivity index (χ3n) is 3.87. The maximum Gasteiger partial charge on any atom is 0.256 e. The fourth-order valence-electron chi connectivity index (χ4n) is 2.69. The van der Waals surface area contributed by atoms with Crippen LogP contribution in [0, 0.1) is 12.7 Å². The van der Waals surface area contributed by atoms with Gasteiger partial charge in [0, 0.05) is 30.1 Å². The number of carbonyl (C=O) groups excluding carboxylic acids is 1. The highest BCUT2D eigenvalue weighted by molar-refractivity contribution is 7.09. The van der Waals surface area contributed by atoms with Crippen LogP contribution in [-0.2, 0) is 0 Å². The van der Waals surface area contributed by atoms with Crippen LogP contribution in [0.1, 0.15) is 39.8 Å². The van der Waals surface area contributed by atoms with Crippen LogP contribution in [0.25, 0.3) is 0 Å². The summed E-state index contributed by atoms with van der Waals surface area (Å²) in [6.07, 6.45) is 1.79. The van der Waals surface area contributed by atoms with Gasteiger partial charge in [-0.3, -0.25) is 4.79 Å². The van der Waals surface area contributed by atoms with Gasteiger partial charge in [-0.15, -0.1) is 11.3 Å². The van der Waals surface area contributed by atoms with E-state index in [1.807, 2.05) is 6.92 Å². The molecule has 1 aliphatic rings. The molecule has 3 nitrogen and oxygen atoms in total. The number of carbonyl (C=O) groups is 1. The molecule has 21 heavy (non-hydrogen) atoms. The number of aryl methyl sites for hydroxylation is 1. The second-order valence-corrected chi connectivity index (χ2v) is 6.26. The Morgan fingerprint density at radius 2 is 2.05 bits per heavy atom. The van der Waals surface area contributed by atoms with Crippen LogP contribution in [0.4, 0.5) is 4.39 Å². The van der Waals surface area contributed by atoms with Crippen LogP contribution in [-0.4, -0.2) is 28.9 Å². The molecule has 0 radical (unpaired) electrons. The van der Waals surface area contributed by atoms with E-state index in [0.29, 0.717) is 19.0 Å². The van der Waals surface area contributed by atoms with Crippen molar-refractivity contribution in [2.75, 3.05) is 13.1 Å². The number of rotatable bonds is 2. The van der Waals surface area contributed by atoms with Crippen molar-refractivity contribution in [1.82, 2.24) is 9.88 Å². The maximum absolute atomic E-state index is 13.7. The first kappa shape index (κ1) is 14.2. The van der Waals surface area contributed by atoms with Crippen LogP contribution < -0.4 is 0 Å². The van der Waals surface area contributed by atoms with Gasteiger partial charge in [-0.2, -0.15) is 0 Å². The molecule has 1 amide bonds. The zero-order chi connectivity index (χ0) is 14.8. The molecule has 0 bridgehead atoms. The fraction of sp³-hybridized carbons (Fsp3) is 0.375. The number of piperidine rings is 1. The average Bonchev–Trinajstić information content (AvgIpc) is 2.94. The van der Waals surface area contributed by atoms with Gasteiger partial charge in [0.2, 0.25) is 0 Å². The molecular weight excluding hydrogens is 287 g/mol. The van der Waals surface area contributed by atoms with Crippen molar-refractivity contribution in [3.8, 4) is 0 Å². The van der Waals surface area contributed by atoms with E-state index in [-0.39, 0.29) is 11.5 Å². The third-order valence-corrected chi connectivity index (χ3v) is 5.00. The van der Waals surface area contributed by atoms with Crippen LogP contribution in [0.2, 0.25) is 0 Å². The minimum absolute atomic E-state index is 0.168. The van der Waals surface area contributed by atoms with Crippen LogP contribution >= 0.6 is 11.3 Å². The predicted molar refractivity (Wildman–Crippen MR) is 81.1 cm³/mol. The summed E-state index contributed by atoms with van der Waals surface area (Å²) in [5.41, 5.74) is 1.22. The summed E-state index contributed by atoms with van der Waals surface area (Å²) in [4.78, 5) is 18.6. The molecule has 0 atom stereocenters. The summed E-state index contributed by atoms with van der Waals surface area (Å²) < 4.78 is 13.7. The summed E-state index contributed by atoms with van der Waals surface area (Å²) >= 11 is 1.69. The van der Waals surface area contributed by atoms with Gasteiger partial charge in [-0.25, -0.2) is 9.37 Å². The largest absolute Gasteiger partial charge is 0.339 e. The average molecular weight is 304 g/mol. The Morgan fingerprint density at radius 1 is 1.33 bits per heavy atom. The standard InChI is InChI=1S/C16H17FN2OS/c1-11-10-21-15(18-11)12-6-8-19(9-7-12)16(20)13-4-2-3-5-14(13)17/h2-5,10,12H,6-9H2,1H3. The highest BCUT2D eigenvalue weighted by Crippen LogP contribution is 2.30. The van der Waals surface area contributed by atoms with Gasteiger partial charge >= 0.3 is 0 Å². The number of amides is 1. The summed E-state index contributed by atoms with van der Waals surface area (Å²) in [5, 5.41) is 3.22. The van der Waals surface area contributed by atoms with Crippen molar-refractivity contribution in [1.29, 1.82) is 0 Å². The zero-order valence-electron chi connectivity index (χ0n) is 11.9. The number of aromatic nitrogens is 1. The molecule has 1 aromatic heterocycles. The molecule has 1 fully saturated rings. The zero-order valence-corrected chi connectivity index (χ0v) is 12.7. The quantitative estimate of drug-likeness (QED) is 0.849. The minimum Gasteiger partial charge on any atom is -0.339 e. The number of hydrogen-bond donors (Lipinski definition) is 0. The Kier molecular flexibility index (Phi) is 4.01. The predicted octanol–water partition coefficient (Wildman–Crippen LogP) is 3.61. The van der Waals surface area contributed by atoms with Crippen molar-refractivity contribution in [2.45, 2.75) is 25.7 Å². The lowest BCUT2D eigenvalue weighted by molar-refractivity contribution is 0.0708. The van der Waals surface area contributed by atoms with E-state index in [2.05, 4.69) is 10.4 Å². The number of benzene rings is 1. The molecule has 110 valence electrons. The molecule has 1 aromatic carbocycles. The second kappa shape index (κ2) is 5.93. The van der Waals surface area contributed by atoms with Crippen LogP contribution in [0.5, 0.6) is 0 Å². The Labute approximate surface area is 127 Å². The molecule has 0 saturated carbocycles. The summed E-state index contributed by atoms with van der Waals surface area (Å²) in [6.45, 7) is 3.32.